The number of rotatable bonds is 5. The number of amides is 2. The maximum absolute atomic E-state index is 12.1. The number of aromatic nitrogens is 2. The molecule has 0 spiro atoms. The zero-order valence-corrected chi connectivity index (χ0v) is 12.9. The van der Waals surface area contributed by atoms with Crippen molar-refractivity contribution < 1.29 is 9.59 Å². The summed E-state index contributed by atoms with van der Waals surface area (Å²) in [7, 11) is 0. The molecule has 3 heterocycles. The van der Waals surface area contributed by atoms with Gasteiger partial charge in [-0.1, -0.05) is 6.07 Å². The molecular weight excluding hydrogens is 300 g/mol. The second-order valence-corrected chi connectivity index (χ2v) is 6.30. The van der Waals surface area contributed by atoms with Crippen LogP contribution in [0.3, 0.4) is 0 Å². The molecule has 2 aromatic rings. The number of hydrogen-bond acceptors (Lipinski definition) is 4. The first kappa shape index (κ1) is 14.8. The van der Waals surface area contributed by atoms with Crippen LogP contribution in [0.5, 0.6) is 0 Å². The number of hydrogen-bond donors (Lipinski definition) is 2. The molecule has 0 aromatic carbocycles. The van der Waals surface area contributed by atoms with Gasteiger partial charge in [-0.25, -0.2) is 4.98 Å². The van der Waals surface area contributed by atoms with Crippen molar-refractivity contribution >= 4 is 23.2 Å². The molecule has 0 unspecified atom stereocenters. The summed E-state index contributed by atoms with van der Waals surface area (Å²) in [5.74, 6) is 0.0405. The van der Waals surface area contributed by atoms with E-state index >= 15 is 0 Å². The topological polar surface area (TPSA) is 76.0 Å². The van der Waals surface area contributed by atoms with E-state index in [1.54, 1.807) is 23.9 Å². The number of piperidine rings is 1. The standard InChI is InChI=1S/C15H18N4O2S/c20-13-4-3-11(15(18-13)12-2-1-9-22-12)17-14(21)5-7-19-8-6-16-10-19/h1-2,6,8-11,15H,3-5,7H2,(H,17,21)(H,18,20)/t11-,15-/m1/s1. The van der Waals surface area contributed by atoms with Gasteiger partial charge in [0.25, 0.3) is 0 Å². The van der Waals surface area contributed by atoms with Crippen molar-refractivity contribution in [2.24, 2.45) is 0 Å². The van der Waals surface area contributed by atoms with Crippen molar-refractivity contribution in [1.82, 2.24) is 20.2 Å². The quantitative estimate of drug-likeness (QED) is 0.876. The highest BCUT2D eigenvalue weighted by molar-refractivity contribution is 7.10. The van der Waals surface area contributed by atoms with Gasteiger partial charge in [0.05, 0.1) is 18.4 Å². The van der Waals surface area contributed by atoms with E-state index in [1.165, 1.54) is 0 Å². The van der Waals surface area contributed by atoms with Gasteiger partial charge in [0.1, 0.15) is 0 Å². The number of carbonyl (C=O) groups excluding carboxylic acids is 2. The first-order valence-electron chi connectivity index (χ1n) is 7.30. The Kier molecular flexibility index (Phi) is 4.53. The molecule has 6 nitrogen and oxygen atoms in total. The second kappa shape index (κ2) is 6.74. The fourth-order valence-corrected chi connectivity index (χ4v) is 3.46. The summed E-state index contributed by atoms with van der Waals surface area (Å²) in [5, 5.41) is 8.03. The number of nitrogens with one attached hydrogen (secondary N) is 2. The molecule has 0 bridgehead atoms. The first-order chi connectivity index (χ1) is 10.7. The summed E-state index contributed by atoms with van der Waals surface area (Å²) < 4.78 is 1.87. The minimum atomic E-state index is -0.126. The number of carbonyl (C=O) groups is 2. The molecule has 7 heteroatoms. The second-order valence-electron chi connectivity index (χ2n) is 5.32. The molecule has 1 aliphatic rings. The highest BCUT2D eigenvalue weighted by atomic mass is 32.1. The Morgan fingerprint density at radius 1 is 1.55 bits per heavy atom. The minimum Gasteiger partial charge on any atom is -0.351 e. The number of nitrogens with zero attached hydrogens (tertiary/aromatic N) is 2. The van der Waals surface area contributed by atoms with E-state index in [-0.39, 0.29) is 23.9 Å². The van der Waals surface area contributed by atoms with Gasteiger partial charge < -0.3 is 15.2 Å². The zero-order chi connectivity index (χ0) is 15.4. The maximum atomic E-state index is 12.1. The van der Waals surface area contributed by atoms with Crippen LogP contribution in [0.15, 0.2) is 36.2 Å². The lowest BCUT2D eigenvalue weighted by Crippen LogP contribution is -2.50. The third-order valence-electron chi connectivity index (χ3n) is 3.75. The molecule has 2 atom stereocenters. The molecule has 116 valence electrons. The summed E-state index contributed by atoms with van der Waals surface area (Å²) >= 11 is 1.60. The van der Waals surface area contributed by atoms with Gasteiger partial charge in [-0.05, 0) is 17.9 Å². The Morgan fingerprint density at radius 2 is 2.45 bits per heavy atom. The zero-order valence-electron chi connectivity index (χ0n) is 12.1. The van der Waals surface area contributed by atoms with Gasteiger partial charge in [-0.2, -0.15) is 0 Å². The normalized spacial score (nSPS) is 21.4. The van der Waals surface area contributed by atoms with Gasteiger partial charge in [0.15, 0.2) is 0 Å². The Labute approximate surface area is 132 Å². The molecule has 0 saturated carbocycles. The predicted molar refractivity (Wildman–Crippen MR) is 83.2 cm³/mol. The van der Waals surface area contributed by atoms with Crippen LogP contribution >= 0.6 is 11.3 Å². The van der Waals surface area contributed by atoms with Crippen LogP contribution in [-0.2, 0) is 16.1 Å². The van der Waals surface area contributed by atoms with Crippen molar-refractivity contribution in [2.45, 2.75) is 37.9 Å². The number of thiophene rings is 1. The van der Waals surface area contributed by atoms with Crippen LogP contribution in [0.1, 0.15) is 30.2 Å². The van der Waals surface area contributed by atoms with Crippen molar-refractivity contribution in [3.8, 4) is 0 Å². The van der Waals surface area contributed by atoms with E-state index in [0.29, 0.717) is 25.8 Å². The summed E-state index contributed by atoms with van der Waals surface area (Å²) in [6.07, 6.45) is 6.75. The number of imidazole rings is 1. The fraction of sp³-hybridized carbons (Fsp3) is 0.400. The summed E-state index contributed by atoms with van der Waals surface area (Å²) in [5.41, 5.74) is 0. The summed E-state index contributed by atoms with van der Waals surface area (Å²) in [6.45, 7) is 0.606. The van der Waals surface area contributed by atoms with E-state index in [9.17, 15) is 9.59 Å². The van der Waals surface area contributed by atoms with E-state index < -0.39 is 0 Å². The van der Waals surface area contributed by atoms with Gasteiger partial charge in [-0.15, -0.1) is 11.3 Å². The molecule has 22 heavy (non-hydrogen) atoms. The van der Waals surface area contributed by atoms with Crippen molar-refractivity contribution in [1.29, 1.82) is 0 Å². The Balaban J connectivity index is 1.59. The van der Waals surface area contributed by atoms with Crippen molar-refractivity contribution in [3.63, 3.8) is 0 Å². The predicted octanol–water partition coefficient (Wildman–Crippen LogP) is 1.47. The van der Waals surface area contributed by atoms with Crippen molar-refractivity contribution in [3.05, 3.63) is 41.1 Å². The molecule has 0 aliphatic carbocycles. The SMILES string of the molecule is O=C(CCn1ccnc1)N[C@@H]1CCC(=O)N[C@H]1c1cccs1. The molecule has 2 amide bonds. The molecular formula is C15H18N4O2S. The van der Waals surface area contributed by atoms with Crippen LogP contribution in [0.25, 0.3) is 0 Å². The monoisotopic (exact) mass is 318 g/mol. The Bertz CT molecular complexity index is 624. The average Bonchev–Trinajstić information content (AvgIpc) is 3.20. The van der Waals surface area contributed by atoms with Gasteiger partial charge in [0.2, 0.25) is 11.8 Å². The third-order valence-corrected chi connectivity index (χ3v) is 4.71. The highest BCUT2D eigenvalue weighted by Crippen LogP contribution is 2.27. The highest BCUT2D eigenvalue weighted by Gasteiger charge is 2.31. The van der Waals surface area contributed by atoms with Crippen LogP contribution in [-0.4, -0.2) is 27.4 Å². The molecule has 1 fully saturated rings. The van der Waals surface area contributed by atoms with Gasteiger partial charge in [0, 0.05) is 36.7 Å². The smallest absolute Gasteiger partial charge is 0.222 e. The molecule has 1 aliphatic heterocycles. The van der Waals surface area contributed by atoms with E-state index in [4.69, 9.17) is 0 Å². The molecule has 2 aromatic heterocycles. The lowest BCUT2D eigenvalue weighted by atomic mass is 9.96. The first-order valence-corrected chi connectivity index (χ1v) is 8.18. The molecule has 1 saturated heterocycles. The molecule has 2 N–H and O–H groups in total. The third kappa shape index (κ3) is 3.54. The van der Waals surface area contributed by atoms with Crippen LogP contribution < -0.4 is 10.6 Å². The van der Waals surface area contributed by atoms with Crippen LogP contribution in [0.4, 0.5) is 0 Å². The fourth-order valence-electron chi connectivity index (χ4n) is 2.62. The lowest BCUT2D eigenvalue weighted by molar-refractivity contribution is -0.127. The van der Waals surface area contributed by atoms with Gasteiger partial charge >= 0.3 is 0 Å². The lowest BCUT2D eigenvalue weighted by Gasteiger charge is -2.32. The maximum Gasteiger partial charge on any atom is 0.222 e. The van der Waals surface area contributed by atoms with Crippen LogP contribution in [0.2, 0.25) is 0 Å². The average molecular weight is 318 g/mol. The van der Waals surface area contributed by atoms with E-state index in [0.717, 1.165) is 4.88 Å². The number of aryl methyl sites for hydroxylation is 1. The summed E-state index contributed by atoms with van der Waals surface area (Å²) in [4.78, 5) is 28.8. The molecule has 3 rings (SSSR count). The summed E-state index contributed by atoms with van der Waals surface area (Å²) in [6, 6.07) is 3.77. The molecule has 0 radical (unpaired) electrons. The van der Waals surface area contributed by atoms with Crippen molar-refractivity contribution in [2.75, 3.05) is 0 Å². The largest absolute Gasteiger partial charge is 0.351 e. The minimum absolute atomic E-state index is 0.00333. The van der Waals surface area contributed by atoms with E-state index in [1.807, 2.05) is 28.3 Å². The Morgan fingerprint density at radius 3 is 3.18 bits per heavy atom. The van der Waals surface area contributed by atoms with Crippen LogP contribution in [0, 0.1) is 0 Å². The Hall–Kier alpha value is -2.15. The van der Waals surface area contributed by atoms with Gasteiger partial charge in [-0.3, -0.25) is 9.59 Å². The van der Waals surface area contributed by atoms with E-state index in [2.05, 4.69) is 15.6 Å².